The highest BCUT2D eigenvalue weighted by Gasteiger charge is 2.22. The number of ether oxygens (including phenoxy) is 1. The van der Waals surface area contributed by atoms with Crippen molar-refractivity contribution >= 4 is 32.6 Å². The van der Waals surface area contributed by atoms with Gasteiger partial charge in [-0.25, -0.2) is 4.98 Å². The van der Waals surface area contributed by atoms with Crippen LogP contribution >= 0.6 is 11.3 Å². The van der Waals surface area contributed by atoms with Gasteiger partial charge in [-0.1, -0.05) is 42.9 Å². The van der Waals surface area contributed by atoms with Crippen LogP contribution in [0.5, 0.6) is 5.75 Å². The second-order valence-corrected chi connectivity index (χ2v) is 7.92. The summed E-state index contributed by atoms with van der Waals surface area (Å²) in [6, 6.07) is 13.6. The van der Waals surface area contributed by atoms with Crippen molar-refractivity contribution in [2.75, 3.05) is 37.7 Å². The minimum atomic E-state index is -0.00931. The number of carbonyl (C=O) groups is 1. The van der Waals surface area contributed by atoms with Crippen LogP contribution < -0.4 is 9.64 Å². The van der Waals surface area contributed by atoms with Gasteiger partial charge in [-0.2, -0.15) is 0 Å². The first-order valence-electron chi connectivity index (χ1n) is 10.2. The normalized spacial score (nSPS) is 11.2. The highest BCUT2D eigenvalue weighted by molar-refractivity contribution is 7.22. The fourth-order valence-electron chi connectivity index (χ4n) is 3.26. The first-order chi connectivity index (χ1) is 14.0. The molecule has 29 heavy (non-hydrogen) atoms. The lowest BCUT2D eigenvalue weighted by molar-refractivity contribution is 0.0983. The predicted octanol–water partition coefficient (Wildman–Crippen LogP) is 4.99. The summed E-state index contributed by atoms with van der Waals surface area (Å²) in [5.41, 5.74) is 2.65. The molecule has 5 nitrogen and oxygen atoms in total. The van der Waals surface area contributed by atoms with E-state index < -0.39 is 0 Å². The number of nitrogens with zero attached hydrogens (tertiary/aromatic N) is 3. The molecule has 0 fully saturated rings. The molecular formula is C23H29N3O2S. The molecule has 1 amide bonds. The molecule has 154 valence electrons. The maximum absolute atomic E-state index is 13.4. The Morgan fingerprint density at radius 3 is 2.55 bits per heavy atom. The van der Waals surface area contributed by atoms with Gasteiger partial charge < -0.3 is 9.64 Å². The molecule has 0 spiro atoms. The minimum absolute atomic E-state index is 0.00931. The lowest BCUT2D eigenvalue weighted by atomic mass is 10.1. The van der Waals surface area contributed by atoms with Gasteiger partial charge in [0.05, 0.1) is 16.8 Å². The Bertz CT molecular complexity index is 966. The molecule has 0 unspecified atom stereocenters. The summed E-state index contributed by atoms with van der Waals surface area (Å²) in [4.78, 5) is 22.3. The number of hydrogen-bond acceptors (Lipinski definition) is 5. The van der Waals surface area contributed by atoms with Crippen molar-refractivity contribution in [1.29, 1.82) is 0 Å². The summed E-state index contributed by atoms with van der Waals surface area (Å²) in [7, 11) is 0. The number of thiazole rings is 1. The van der Waals surface area contributed by atoms with Crippen molar-refractivity contribution in [3.8, 4) is 5.75 Å². The molecule has 0 saturated heterocycles. The number of rotatable bonds is 9. The summed E-state index contributed by atoms with van der Waals surface area (Å²) in [6.07, 6.45) is 0. The van der Waals surface area contributed by atoms with Gasteiger partial charge >= 0.3 is 0 Å². The molecule has 0 N–H and O–H groups in total. The monoisotopic (exact) mass is 411 g/mol. The van der Waals surface area contributed by atoms with E-state index >= 15 is 0 Å². The lowest BCUT2D eigenvalue weighted by Crippen LogP contribution is -2.38. The molecule has 0 aliphatic heterocycles. The highest BCUT2D eigenvalue weighted by atomic mass is 32.1. The van der Waals surface area contributed by atoms with E-state index in [9.17, 15) is 4.79 Å². The van der Waals surface area contributed by atoms with Gasteiger partial charge in [0.1, 0.15) is 5.75 Å². The molecule has 0 radical (unpaired) electrons. The summed E-state index contributed by atoms with van der Waals surface area (Å²) < 4.78 is 6.64. The summed E-state index contributed by atoms with van der Waals surface area (Å²) in [5, 5.41) is 0.729. The van der Waals surface area contributed by atoms with E-state index in [4.69, 9.17) is 9.72 Å². The minimum Gasteiger partial charge on any atom is -0.494 e. The van der Waals surface area contributed by atoms with E-state index in [0.717, 1.165) is 46.3 Å². The fraction of sp³-hybridized carbons (Fsp3) is 0.391. The Balaban J connectivity index is 1.95. The number of amides is 1. The summed E-state index contributed by atoms with van der Waals surface area (Å²) >= 11 is 1.53. The zero-order chi connectivity index (χ0) is 20.8. The highest BCUT2D eigenvalue weighted by Crippen LogP contribution is 2.32. The number of hydrogen-bond donors (Lipinski definition) is 0. The van der Waals surface area contributed by atoms with Crippen molar-refractivity contribution in [3.63, 3.8) is 0 Å². The second-order valence-electron chi connectivity index (χ2n) is 6.91. The Kier molecular flexibility index (Phi) is 7.23. The Labute approximate surface area is 176 Å². The topological polar surface area (TPSA) is 45.7 Å². The number of aryl methyl sites for hydroxylation is 1. The van der Waals surface area contributed by atoms with Crippen LogP contribution in [0.15, 0.2) is 42.5 Å². The number of carbonyl (C=O) groups excluding carboxylic acids is 1. The van der Waals surface area contributed by atoms with Gasteiger partial charge in [0.15, 0.2) is 5.13 Å². The predicted molar refractivity (Wildman–Crippen MR) is 121 cm³/mol. The molecule has 0 bridgehead atoms. The molecule has 1 aromatic heterocycles. The van der Waals surface area contributed by atoms with E-state index in [1.165, 1.54) is 11.3 Å². The van der Waals surface area contributed by atoms with Gasteiger partial charge in [-0.05, 0) is 57.3 Å². The van der Waals surface area contributed by atoms with Gasteiger partial charge in [0.2, 0.25) is 0 Å². The van der Waals surface area contributed by atoms with Crippen LogP contribution in [-0.4, -0.2) is 48.6 Å². The van der Waals surface area contributed by atoms with Crippen LogP contribution in [-0.2, 0) is 0 Å². The largest absolute Gasteiger partial charge is 0.494 e. The van der Waals surface area contributed by atoms with Crippen LogP contribution in [0.4, 0.5) is 5.13 Å². The fourth-order valence-corrected chi connectivity index (χ4v) is 4.28. The molecule has 3 aromatic rings. The SMILES string of the molecule is CCOc1ccc2nc(N(CCN(CC)CC)C(=O)c3cccc(C)c3)sc2c1. The molecule has 0 atom stereocenters. The number of aromatic nitrogens is 1. The van der Waals surface area contributed by atoms with Crippen LogP contribution in [0.25, 0.3) is 10.2 Å². The van der Waals surface area contributed by atoms with Gasteiger partial charge in [0.25, 0.3) is 5.91 Å². The van der Waals surface area contributed by atoms with Crippen LogP contribution in [0, 0.1) is 6.92 Å². The van der Waals surface area contributed by atoms with E-state index in [1.807, 2.05) is 61.2 Å². The Hall–Kier alpha value is -2.44. The van der Waals surface area contributed by atoms with Crippen molar-refractivity contribution in [3.05, 3.63) is 53.6 Å². The first kappa shape index (κ1) is 21.3. The molecule has 0 aliphatic carbocycles. The van der Waals surface area contributed by atoms with E-state index in [0.29, 0.717) is 18.7 Å². The average Bonchev–Trinajstić information content (AvgIpc) is 3.14. The molecule has 2 aromatic carbocycles. The van der Waals surface area contributed by atoms with Crippen LogP contribution in [0.2, 0.25) is 0 Å². The van der Waals surface area contributed by atoms with Gasteiger partial charge in [0, 0.05) is 18.7 Å². The molecule has 0 saturated carbocycles. The van der Waals surface area contributed by atoms with Crippen LogP contribution in [0.1, 0.15) is 36.7 Å². The van der Waals surface area contributed by atoms with E-state index in [2.05, 4.69) is 18.7 Å². The Morgan fingerprint density at radius 1 is 1.07 bits per heavy atom. The van der Waals surface area contributed by atoms with Crippen molar-refractivity contribution < 1.29 is 9.53 Å². The zero-order valence-corrected chi connectivity index (χ0v) is 18.5. The van der Waals surface area contributed by atoms with E-state index in [-0.39, 0.29) is 5.91 Å². The number of likely N-dealkylation sites (N-methyl/N-ethyl adjacent to an activating group) is 1. The second kappa shape index (κ2) is 9.85. The summed E-state index contributed by atoms with van der Waals surface area (Å²) in [5.74, 6) is 0.819. The number of fused-ring (bicyclic) bond motifs is 1. The summed E-state index contributed by atoms with van der Waals surface area (Å²) in [6.45, 7) is 12.2. The van der Waals surface area contributed by atoms with E-state index in [1.54, 1.807) is 0 Å². The quantitative estimate of drug-likeness (QED) is 0.497. The molecule has 0 aliphatic rings. The molecular weight excluding hydrogens is 382 g/mol. The zero-order valence-electron chi connectivity index (χ0n) is 17.6. The van der Waals surface area contributed by atoms with Crippen molar-refractivity contribution in [2.45, 2.75) is 27.7 Å². The Morgan fingerprint density at radius 2 is 1.86 bits per heavy atom. The van der Waals surface area contributed by atoms with Crippen molar-refractivity contribution in [1.82, 2.24) is 9.88 Å². The third kappa shape index (κ3) is 5.14. The maximum Gasteiger partial charge on any atom is 0.260 e. The third-order valence-corrected chi connectivity index (χ3v) is 5.98. The lowest BCUT2D eigenvalue weighted by Gasteiger charge is -2.24. The van der Waals surface area contributed by atoms with Gasteiger partial charge in [-0.3, -0.25) is 9.69 Å². The number of anilines is 1. The average molecular weight is 412 g/mol. The third-order valence-electron chi connectivity index (χ3n) is 4.93. The number of benzene rings is 2. The van der Waals surface area contributed by atoms with Crippen LogP contribution in [0.3, 0.4) is 0 Å². The van der Waals surface area contributed by atoms with Crippen molar-refractivity contribution in [2.24, 2.45) is 0 Å². The first-order valence-corrected chi connectivity index (χ1v) is 11.0. The molecule has 1 heterocycles. The molecule has 3 rings (SSSR count). The molecule has 6 heteroatoms. The smallest absolute Gasteiger partial charge is 0.260 e. The standard InChI is InChI=1S/C23H29N3O2S/c1-5-25(6-2)13-14-26(22(27)18-10-8-9-17(4)15-18)23-24-20-12-11-19(28-7-3)16-21(20)29-23/h8-12,15-16H,5-7,13-14H2,1-4H3. The van der Waals surface area contributed by atoms with Gasteiger partial charge in [-0.15, -0.1) is 0 Å². The maximum atomic E-state index is 13.4.